The van der Waals surface area contributed by atoms with Gasteiger partial charge in [-0.1, -0.05) is 89.4 Å². The lowest BCUT2D eigenvalue weighted by Crippen LogP contribution is -2.53. The zero-order chi connectivity index (χ0) is 44.0. The number of hydrogen-bond acceptors (Lipinski definition) is 8. The minimum absolute atomic E-state index is 0.0275. The Hall–Kier alpha value is -6.31. The highest BCUT2D eigenvalue weighted by molar-refractivity contribution is 6.33. The Morgan fingerprint density at radius 3 is 2.11 bits per heavy atom. The van der Waals surface area contributed by atoms with Crippen LogP contribution >= 0.6 is 23.2 Å². The second-order valence-corrected chi connectivity index (χ2v) is 17.0. The number of alkyl halides is 3. The third-order valence-electron chi connectivity index (χ3n) is 12.8. The molecule has 4 amide bonds. The van der Waals surface area contributed by atoms with Gasteiger partial charge < -0.3 is 5.11 Å². The largest absolute Gasteiger partial charge is 0.507 e. The van der Waals surface area contributed by atoms with Crippen LogP contribution in [-0.4, -0.2) is 44.5 Å². The molecule has 2 aliphatic carbocycles. The average molecular weight is 880 g/mol. The van der Waals surface area contributed by atoms with E-state index in [1.54, 1.807) is 105 Å². The molecule has 314 valence electrons. The lowest BCUT2D eigenvalue weighted by molar-refractivity contribution is -0.139. The lowest BCUT2D eigenvalue weighted by atomic mass is 9.49. The molecule has 62 heavy (non-hydrogen) atoms. The summed E-state index contributed by atoms with van der Waals surface area (Å²) in [6, 6.07) is 25.5. The molecule has 3 fully saturated rings. The maximum atomic E-state index is 15.5. The predicted octanol–water partition coefficient (Wildman–Crippen LogP) is 9.15. The maximum absolute atomic E-state index is 15.5. The first kappa shape index (κ1) is 41.1. The van der Waals surface area contributed by atoms with E-state index in [0.717, 1.165) is 9.91 Å². The first-order valence-corrected chi connectivity index (χ1v) is 20.5. The monoisotopic (exact) mass is 878 g/mol. The Morgan fingerprint density at radius 2 is 1.48 bits per heavy atom. The number of nitrogens with zero attached hydrogens (tertiary/aromatic N) is 3. The minimum atomic E-state index is -4.77. The fourth-order valence-corrected chi connectivity index (χ4v) is 10.4. The van der Waals surface area contributed by atoms with Crippen LogP contribution in [0.4, 0.5) is 24.7 Å². The van der Waals surface area contributed by atoms with Gasteiger partial charge in [-0.3, -0.25) is 34.3 Å². The number of carbonyl (C=O) groups is 5. The number of aromatic hydroxyl groups is 1. The van der Waals surface area contributed by atoms with Gasteiger partial charge in [0, 0.05) is 28.3 Å². The molecule has 6 atom stereocenters. The van der Waals surface area contributed by atoms with Gasteiger partial charge in [0.15, 0.2) is 11.6 Å². The highest BCUT2D eigenvalue weighted by Gasteiger charge is 2.70. The van der Waals surface area contributed by atoms with Crippen molar-refractivity contribution < 1.29 is 42.3 Å². The number of benzene rings is 4. The number of rotatable bonds is 7. The first-order chi connectivity index (χ1) is 29.5. The molecular weight excluding hydrogens is 844 g/mol. The van der Waals surface area contributed by atoms with Gasteiger partial charge in [0.1, 0.15) is 5.75 Å². The van der Waals surface area contributed by atoms with Crippen LogP contribution < -0.4 is 10.3 Å². The number of fused-ring (bicyclic) bond motifs is 4. The fraction of sp³-hybridized carbons (Fsp3) is 0.234. The van der Waals surface area contributed by atoms with Crippen LogP contribution in [0.25, 0.3) is 0 Å². The van der Waals surface area contributed by atoms with E-state index < -0.39 is 75.4 Å². The second-order valence-electron chi connectivity index (χ2n) is 16.2. The number of phenols is 1. The van der Waals surface area contributed by atoms with Crippen molar-refractivity contribution in [1.29, 1.82) is 0 Å². The molecule has 1 saturated carbocycles. The second kappa shape index (κ2) is 14.9. The van der Waals surface area contributed by atoms with Gasteiger partial charge >= 0.3 is 6.18 Å². The van der Waals surface area contributed by atoms with Crippen molar-refractivity contribution in [3.05, 3.63) is 164 Å². The topological polar surface area (TPSA) is 137 Å². The van der Waals surface area contributed by atoms with E-state index in [1.165, 1.54) is 0 Å². The molecule has 4 aromatic carbocycles. The van der Waals surface area contributed by atoms with Crippen LogP contribution in [0.3, 0.4) is 0 Å². The zero-order valence-corrected chi connectivity index (χ0v) is 34.4. The molecule has 4 aliphatic rings. The number of ketones is 1. The number of nitrogens with one attached hydrogen (secondary N) is 1. The van der Waals surface area contributed by atoms with E-state index in [2.05, 4.69) is 10.4 Å². The Bertz CT molecular complexity index is 2740. The summed E-state index contributed by atoms with van der Waals surface area (Å²) < 4.78 is 40.7. The molecule has 2 aliphatic heterocycles. The Labute approximate surface area is 362 Å². The van der Waals surface area contributed by atoms with Gasteiger partial charge in [-0.15, -0.1) is 0 Å². The number of amides is 4. The number of hydrazine groups is 1. The molecule has 10 nitrogen and oxygen atoms in total. The van der Waals surface area contributed by atoms with Crippen LogP contribution in [0.1, 0.15) is 62.5 Å². The van der Waals surface area contributed by atoms with Crippen molar-refractivity contribution in [2.24, 2.45) is 23.7 Å². The number of pyridine rings is 1. The van der Waals surface area contributed by atoms with E-state index in [9.17, 15) is 32.7 Å². The van der Waals surface area contributed by atoms with Crippen molar-refractivity contribution in [3.8, 4) is 5.75 Å². The number of halogens is 5. The summed E-state index contributed by atoms with van der Waals surface area (Å²) >= 11 is 12.7. The number of anilines is 2. The Kier molecular flexibility index (Phi) is 9.90. The summed E-state index contributed by atoms with van der Waals surface area (Å²) in [5, 5.41) is 11.5. The zero-order valence-electron chi connectivity index (χ0n) is 32.9. The van der Waals surface area contributed by atoms with Crippen molar-refractivity contribution in [3.63, 3.8) is 0 Å². The van der Waals surface area contributed by atoms with E-state index in [0.29, 0.717) is 56.2 Å². The summed E-state index contributed by atoms with van der Waals surface area (Å²) in [6.45, 7) is 3.40. The summed E-state index contributed by atoms with van der Waals surface area (Å²) in [5.74, 6) is -7.73. The molecule has 1 aromatic heterocycles. The van der Waals surface area contributed by atoms with Crippen molar-refractivity contribution in [2.75, 3.05) is 10.3 Å². The molecule has 5 aromatic rings. The van der Waals surface area contributed by atoms with Gasteiger partial charge in [0.05, 0.1) is 39.4 Å². The predicted molar refractivity (Wildman–Crippen MR) is 223 cm³/mol. The number of aryl methyl sites for hydroxylation is 2. The third kappa shape index (κ3) is 6.31. The van der Waals surface area contributed by atoms with E-state index >= 15 is 9.59 Å². The van der Waals surface area contributed by atoms with Gasteiger partial charge in [-0.25, -0.2) is 4.98 Å². The number of phenolic OH excluding ortho intramolecular Hbond substituents is 1. The quantitative estimate of drug-likeness (QED) is 0.0939. The van der Waals surface area contributed by atoms with E-state index in [-0.39, 0.29) is 35.9 Å². The number of hydrogen-bond donors (Lipinski definition) is 2. The average Bonchev–Trinajstić information content (AvgIpc) is 3.63. The van der Waals surface area contributed by atoms with Gasteiger partial charge in [-0.05, 0) is 97.3 Å². The normalized spacial score (nSPS) is 24.4. The maximum Gasteiger partial charge on any atom is 0.417 e. The smallest absolute Gasteiger partial charge is 0.417 e. The minimum Gasteiger partial charge on any atom is -0.507 e. The van der Waals surface area contributed by atoms with Crippen LogP contribution in [0.5, 0.6) is 5.75 Å². The van der Waals surface area contributed by atoms with Gasteiger partial charge in [0.25, 0.3) is 11.8 Å². The van der Waals surface area contributed by atoms with Crippen molar-refractivity contribution >= 4 is 64.1 Å². The molecule has 0 radical (unpaired) electrons. The summed E-state index contributed by atoms with van der Waals surface area (Å²) in [5.41, 5.74) is 3.43. The number of aromatic nitrogens is 1. The van der Waals surface area contributed by atoms with Crippen LogP contribution in [0.2, 0.25) is 10.0 Å². The number of allylic oxidation sites excluding steroid dienone is 2. The molecule has 2 N–H and O–H groups in total. The fourth-order valence-electron chi connectivity index (χ4n) is 10.1. The molecule has 3 heterocycles. The number of carbonyl (C=O) groups excluding carboxylic acids is 5. The summed E-state index contributed by atoms with van der Waals surface area (Å²) in [4.78, 5) is 77.7. The Balaban J connectivity index is 1.16. The van der Waals surface area contributed by atoms with Gasteiger partial charge in [-0.2, -0.15) is 18.2 Å². The Morgan fingerprint density at radius 1 is 0.839 bits per heavy atom. The first-order valence-electron chi connectivity index (χ1n) is 19.7. The molecular formula is C47H35Cl2F3N4O6. The molecule has 15 heteroatoms. The van der Waals surface area contributed by atoms with Crippen molar-refractivity contribution in [2.45, 2.75) is 44.2 Å². The third-order valence-corrected chi connectivity index (χ3v) is 13.4. The lowest BCUT2D eigenvalue weighted by Gasteiger charge is -2.50. The molecule has 0 unspecified atom stereocenters. The number of imide groups is 2. The molecule has 9 rings (SSSR count). The van der Waals surface area contributed by atoms with Crippen molar-refractivity contribution in [1.82, 2.24) is 9.99 Å². The highest BCUT2D eigenvalue weighted by Crippen LogP contribution is 2.64. The van der Waals surface area contributed by atoms with Crippen LogP contribution in [0.15, 0.2) is 115 Å². The standard InChI is InChI=1S/C47H35Cl2F3N4O6/c1-23-18-27(19-24(2)39(23)57)38-32-16-17-33-37(44(61)55(42(33)59)31-14-8-26(9-15-31)40(58)25-6-4-3-5-7-25)34(32)21-35-43(60)56(45(62)46(35,38)28-10-12-30(48)13-11-28)54-41-36(49)20-29(22-53-41)47(50,51)52/h3-16,18-20,22,33-35,37-38,57H,17,21H2,1-2H3,(H,53,54)/t33-,34+,35-,37-,38-,46+/m0/s1. The van der Waals surface area contributed by atoms with E-state index in [4.69, 9.17) is 23.2 Å². The van der Waals surface area contributed by atoms with Gasteiger partial charge in [0.2, 0.25) is 11.8 Å². The van der Waals surface area contributed by atoms with E-state index in [1.807, 2.05) is 6.08 Å². The van der Waals surface area contributed by atoms with Crippen LogP contribution in [0, 0.1) is 37.5 Å². The molecule has 2 saturated heterocycles. The summed E-state index contributed by atoms with van der Waals surface area (Å²) in [7, 11) is 0. The van der Waals surface area contributed by atoms with Crippen LogP contribution in [-0.2, 0) is 30.8 Å². The highest BCUT2D eigenvalue weighted by atomic mass is 35.5. The molecule has 0 spiro atoms. The summed E-state index contributed by atoms with van der Waals surface area (Å²) in [6.07, 6.45) is -2.30. The SMILES string of the molecule is Cc1cc([C@H]2C3=CC[C@@H]4C(=O)N(c5ccc(C(=O)c6ccccc6)cc5)C(=O)[C@@H]4[C@@H]3C[C@H]3C(=O)N(Nc4ncc(C(F)(F)F)cc4Cl)C(=O)[C@@]23c2ccc(Cl)cc2)cc(C)c1O. The molecule has 0 bridgehead atoms.